The molecule has 0 unspecified atom stereocenters. The third-order valence-electron chi connectivity index (χ3n) is 3.04. The first-order chi connectivity index (χ1) is 11.2. The molecule has 0 saturated carbocycles. The van der Waals surface area contributed by atoms with E-state index in [9.17, 15) is 4.79 Å². The van der Waals surface area contributed by atoms with Crippen LogP contribution in [0.2, 0.25) is 0 Å². The van der Waals surface area contributed by atoms with E-state index < -0.39 is 0 Å². The summed E-state index contributed by atoms with van der Waals surface area (Å²) in [6, 6.07) is 16.9. The highest BCUT2D eigenvalue weighted by molar-refractivity contribution is 9.09. The summed E-state index contributed by atoms with van der Waals surface area (Å²) in [6.45, 7) is 2.16. The summed E-state index contributed by atoms with van der Waals surface area (Å²) in [4.78, 5) is 11.8. The van der Waals surface area contributed by atoms with Gasteiger partial charge < -0.3 is 9.47 Å². The van der Waals surface area contributed by atoms with Crippen molar-refractivity contribution in [2.45, 2.75) is 13.3 Å². The molecule has 0 N–H and O–H groups in total. The molecule has 0 amide bonds. The molecule has 0 heterocycles. The Bertz CT molecular complexity index is 648. The standard InChI is InChI=1S/C19H19BrO3/c1-15(21)19(14-16-6-3-2-4-7-16)23-18-10-8-17(9-11-18)22-13-5-12-20/h2-4,6-11,14H,5,12-13H2,1H3. The third-order valence-corrected chi connectivity index (χ3v) is 3.60. The van der Waals surface area contributed by atoms with Crippen LogP contribution in [0.15, 0.2) is 60.4 Å². The topological polar surface area (TPSA) is 35.5 Å². The van der Waals surface area contributed by atoms with Gasteiger partial charge >= 0.3 is 0 Å². The highest BCUT2D eigenvalue weighted by Crippen LogP contribution is 2.21. The van der Waals surface area contributed by atoms with Crippen molar-refractivity contribution in [3.63, 3.8) is 0 Å². The zero-order valence-corrected chi connectivity index (χ0v) is 14.6. The zero-order chi connectivity index (χ0) is 16.5. The Kier molecular flexibility index (Phi) is 6.88. The van der Waals surface area contributed by atoms with Crippen molar-refractivity contribution in [3.8, 4) is 11.5 Å². The summed E-state index contributed by atoms with van der Waals surface area (Å²) in [6.07, 6.45) is 2.69. The number of hydrogen-bond acceptors (Lipinski definition) is 3. The molecule has 120 valence electrons. The second-order valence-corrected chi connectivity index (χ2v) is 5.73. The molecule has 2 rings (SSSR count). The smallest absolute Gasteiger partial charge is 0.194 e. The van der Waals surface area contributed by atoms with E-state index in [-0.39, 0.29) is 5.78 Å². The monoisotopic (exact) mass is 374 g/mol. The average Bonchev–Trinajstić information content (AvgIpc) is 2.57. The van der Waals surface area contributed by atoms with Crippen LogP contribution < -0.4 is 9.47 Å². The van der Waals surface area contributed by atoms with Crippen LogP contribution in [0.1, 0.15) is 18.9 Å². The molecular formula is C19H19BrO3. The zero-order valence-electron chi connectivity index (χ0n) is 13.0. The Morgan fingerprint density at radius 2 is 1.70 bits per heavy atom. The molecule has 0 atom stereocenters. The second-order valence-electron chi connectivity index (χ2n) is 4.94. The minimum atomic E-state index is -0.119. The van der Waals surface area contributed by atoms with E-state index in [2.05, 4.69) is 15.9 Å². The van der Waals surface area contributed by atoms with Crippen LogP contribution in [0.25, 0.3) is 6.08 Å². The van der Waals surface area contributed by atoms with Crippen LogP contribution in [0.4, 0.5) is 0 Å². The van der Waals surface area contributed by atoms with Crippen molar-refractivity contribution >= 4 is 27.8 Å². The van der Waals surface area contributed by atoms with Gasteiger partial charge in [-0.25, -0.2) is 0 Å². The maximum atomic E-state index is 11.8. The molecule has 0 radical (unpaired) electrons. The van der Waals surface area contributed by atoms with Gasteiger partial charge in [0.1, 0.15) is 11.5 Å². The fourth-order valence-corrected chi connectivity index (χ4v) is 2.11. The Morgan fingerprint density at radius 1 is 1.04 bits per heavy atom. The Balaban J connectivity index is 2.06. The molecule has 0 saturated heterocycles. The van der Waals surface area contributed by atoms with Gasteiger partial charge in [0, 0.05) is 12.3 Å². The maximum absolute atomic E-state index is 11.8. The second kappa shape index (κ2) is 9.16. The van der Waals surface area contributed by atoms with Crippen LogP contribution >= 0.6 is 15.9 Å². The molecule has 0 aliphatic rings. The molecule has 2 aromatic rings. The van der Waals surface area contributed by atoms with Crippen molar-refractivity contribution in [1.82, 2.24) is 0 Å². The van der Waals surface area contributed by atoms with Gasteiger partial charge in [0.05, 0.1) is 6.61 Å². The van der Waals surface area contributed by atoms with E-state index in [1.807, 2.05) is 42.5 Å². The molecule has 23 heavy (non-hydrogen) atoms. The average molecular weight is 375 g/mol. The normalized spacial score (nSPS) is 11.1. The van der Waals surface area contributed by atoms with Gasteiger partial charge in [-0.15, -0.1) is 0 Å². The molecule has 0 aromatic heterocycles. The lowest BCUT2D eigenvalue weighted by atomic mass is 10.2. The molecule has 0 fully saturated rings. The predicted molar refractivity (Wildman–Crippen MR) is 96.1 cm³/mol. The van der Waals surface area contributed by atoms with Crippen molar-refractivity contribution in [1.29, 1.82) is 0 Å². The Labute approximate surface area is 145 Å². The first-order valence-electron chi connectivity index (χ1n) is 7.43. The van der Waals surface area contributed by atoms with E-state index in [4.69, 9.17) is 9.47 Å². The van der Waals surface area contributed by atoms with E-state index in [1.54, 1.807) is 18.2 Å². The maximum Gasteiger partial charge on any atom is 0.194 e. The number of carbonyl (C=O) groups is 1. The lowest BCUT2D eigenvalue weighted by molar-refractivity contribution is -0.115. The van der Waals surface area contributed by atoms with Gasteiger partial charge in [-0.3, -0.25) is 4.79 Å². The van der Waals surface area contributed by atoms with Crippen LogP contribution in [0, 0.1) is 0 Å². The Morgan fingerprint density at radius 3 is 2.30 bits per heavy atom. The highest BCUT2D eigenvalue weighted by atomic mass is 79.9. The number of ketones is 1. The number of alkyl halides is 1. The van der Waals surface area contributed by atoms with Crippen molar-refractivity contribution < 1.29 is 14.3 Å². The molecule has 3 nitrogen and oxygen atoms in total. The lowest BCUT2D eigenvalue weighted by Gasteiger charge is -2.09. The van der Waals surface area contributed by atoms with Crippen LogP contribution in [-0.2, 0) is 4.79 Å². The van der Waals surface area contributed by atoms with Gasteiger partial charge in [-0.1, -0.05) is 46.3 Å². The summed E-state index contributed by atoms with van der Waals surface area (Å²) in [7, 11) is 0. The largest absolute Gasteiger partial charge is 0.494 e. The minimum Gasteiger partial charge on any atom is -0.494 e. The fourth-order valence-electron chi connectivity index (χ4n) is 1.88. The van der Waals surface area contributed by atoms with E-state index in [0.717, 1.165) is 23.1 Å². The SMILES string of the molecule is CC(=O)C(=Cc1ccccc1)Oc1ccc(OCCCBr)cc1. The molecule has 0 aliphatic carbocycles. The quantitative estimate of drug-likeness (QED) is 0.286. The first kappa shape index (κ1) is 17.3. The van der Waals surface area contributed by atoms with Crippen molar-refractivity contribution in [2.24, 2.45) is 0 Å². The van der Waals surface area contributed by atoms with Gasteiger partial charge in [0.25, 0.3) is 0 Å². The number of halogens is 1. The fraction of sp³-hybridized carbons (Fsp3) is 0.211. The van der Waals surface area contributed by atoms with Gasteiger partial charge in [0.15, 0.2) is 11.5 Å². The summed E-state index contributed by atoms with van der Waals surface area (Å²) >= 11 is 3.36. The Hall–Kier alpha value is -2.07. The summed E-state index contributed by atoms with van der Waals surface area (Å²) in [5.41, 5.74) is 0.924. The molecule has 0 spiro atoms. The number of carbonyl (C=O) groups excluding carboxylic acids is 1. The van der Waals surface area contributed by atoms with Gasteiger partial charge in [0.2, 0.25) is 0 Å². The van der Waals surface area contributed by atoms with E-state index >= 15 is 0 Å². The number of rotatable bonds is 8. The molecule has 2 aromatic carbocycles. The third kappa shape index (κ3) is 5.91. The van der Waals surface area contributed by atoms with Crippen LogP contribution in [0.5, 0.6) is 11.5 Å². The number of Topliss-reactive ketones (excluding diaryl/α,β-unsaturated/α-hetero) is 1. The molecular weight excluding hydrogens is 356 g/mol. The lowest BCUT2D eigenvalue weighted by Crippen LogP contribution is -2.05. The number of ether oxygens (including phenoxy) is 2. The predicted octanol–water partition coefficient (Wildman–Crippen LogP) is 4.86. The van der Waals surface area contributed by atoms with Crippen LogP contribution in [-0.4, -0.2) is 17.7 Å². The molecule has 4 heteroatoms. The molecule has 0 bridgehead atoms. The van der Waals surface area contributed by atoms with Crippen LogP contribution in [0.3, 0.4) is 0 Å². The summed E-state index contributed by atoms with van der Waals surface area (Å²) in [5.74, 6) is 1.58. The first-order valence-corrected chi connectivity index (χ1v) is 8.55. The van der Waals surface area contributed by atoms with Crippen molar-refractivity contribution in [2.75, 3.05) is 11.9 Å². The summed E-state index contributed by atoms with van der Waals surface area (Å²) < 4.78 is 11.3. The minimum absolute atomic E-state index is 0.119. The summed E-state index contributed by atoms with van der Waals surface area (Å²) in [5, 5.41) is 0.917. The van der Waals surface area contributed by atoms with Gasteiger partial charge in [-0.05, 0) is 42.3 Å². The number of allylic oxidation sites excluding steroid dienone is 1. The molecule has 0 aliphatic heterocycles. The van der Waals surface area contributed by atoms with E-state index in [0.29, 0.717) is 18.1 Å². The van der Waals surface area contributed by atoms with Crippen molar-refractivity contribution in [3.05, 3.63) is 65.9 Å². The van der Waals surface area contributed by atoms with Gasteiger partial charge in [-0.2, -0.15) is 0 Å². The highest BCUT2D eigenvalue weighted by Gasteiger charge is 2.07. The number of benzene rings is 2. The number of hydrogen-bond donors (Lipinski definition) is 0. The van der Waals surface area contributed by atoms with E-state index in [1.165, 1.54) is 6.92 Å².